The largest absolute Gasteiger partial charge is 0.435 e. The summed E-state index contributed by atoms with van der Waals surface area (Å²) in [6, 6.07) is 0.981. The van der Waals surface area contributed by atoms with E-state index in [2.05, 4.69) is 10.4 Å². The highest BCUT2D eigenvalue weighted by molar-refractivity contribution is 5.75. The van der Waals surface area contributed by atoms with Gasteiger partial charge in [0.15, 0.2) is 5.69 Å². The number of aromatic nitrogens is 2. The molecule has 8 heteroatoms. The molecule has 0 saturated carbocycles. The Morgan fingerprint density at radius 3 is 2.62 bits per heavy atom. The maximum absolute atomic E-state index is 12.5. The van der Waals surface area contributed by atoms with Gasteiger partial charge in [-0.15, -0.1) is 0 Å². The lowest BCUT2D eigenvalue weighted by Gasteiger charge is -2.10. The van der Waals surface area contributed by atoms with E-state index in [-0.39, 0.29) is 18.9 Å². The first-order chi connectivity index (χ1) is 9.70. The molecule has 0 aromatic carbocycles. The van der Waals surface area contributed by atoms with Crippen LogP contribution in [0.4, 0.5) is 13.2 Å². The Kier molecular flexibility index (Phi) is 6.19. The van der Waals surface area contributed by atoms with Crippen LogP contribution in [0.1, 0.15) is 24.2 Å². The average Bonchev–Trinajstić information content (AvgIpc) is 2.73. The zero-order chi connectivity index (χ0) is 16.0. The smallest absolute Gasteiger partial charge is 0.356 e. The quantitative estimate of drug-likeness (QED) is 0.780. The Labute approximate surface area is 122 Å². The molecular formula is C13H21F3N4O. The molecular weight excluding hydrogens is 285 g/mol. The molecule has 21 heavy (non-hydrogen) atoms. The van der Waals surface area contributed by atoms with Crippen LogP contribution < -0.4 is 5.32 Å². The molecule has 0 aliphatic rings. The fraction of sp³-hybridized carbons (Fsp3) is 0.692. The van der Waals surface area contributed by atoms with Crippen LogP contribution in [0.5, 0.6) is 0 Å². The molecule has 1 N–H and O–H groups in total. The molecule has 1 rings (SSSR count). The van der Waals surface area contributed by atoms with E-state index in [1.54, 1.807) is 0 Å². The SMILES string of the molecule is Cc1cc(C(F)(F)F)nn1CCC(=O)NCCCN(C)C. The molecule has 0 aliphatic heterocycles. The zero-order valence-corrected chi connectivity index (χ0v) is 12.5. The van der Waals surface area contributed by atoms with Crippen LogP contribution in [-0.2, 0) is 17.5 Å². The van der Waals surface area contributed by atoms with Crippen LogP contribution in [0.15, 0.2) is 6.07 Å². The van der Waals surface area contributed by atoms with Gasteiger partial charge in [0, 0.05) is 25.2 Å². The number of rotatable bonds is 7. The summed E-state index contributed by atoms with van der Waals surface area (Å²) >= 11 is 0. The molecule has 0 atom stereocenters. The fourth-order valence-electron chi connectivity index (χ4n) is 1.79. The van der Waals surface area contributed by atoms with Crippen molar-refractivity contribution in [2.24, 2.45) is 0 Å². The second-order valence-electron chi connectivity index (χ2n) is 5.15. The standard InChI is InChI=1S/C13H21F3N4O/c1-10-9-11(13(14,15)16)18-20(10)8-5-12(21)17-6-4-7-19(2)3/h9H,4-8H2,1-3H3,(H,17,21). The van der Waals surface area contributed by atoms with Crippen LogP contribution in [0.3, 0.4) is 0 Å². The maximum Gasteiger partial charge on any atom is 0.435 e. The second kappa shape index (κ2) is 7.44. The topological polar surface area (TPSA) is 50.2 Å². The number of halogens is 3. The van der Waals surface area contributed by atoms with Crippen molar-refractivity contribution in [3.63, 3.8) is 0 Å². The van der Waals surface area contributed by atoms with Crippen molar-refractivity contribution < 1.29 is 18.0 Å². The van der Waals surface area contributed by atoms with Crippen molar-refractivity contribution in [2.75, 3.05) is 27.2 Å². The van der Waals surface area contributed by atoms with Gasteiger partial charge in [-0.3, -0.25) is 9.48 Å². The first-order valence-corrected chi connectivity index (χ1v) is 6.73. The van der Waals surface area contributed by atoms with Crippen molar-refractivity contribution in [3.8, 4) is 0 Å². The van der Waals surface area contributed by atoms with E-state index in [0.717, 1.165) is 19.0 Å². The van der Waals surface area contributed by atoms with Gasteiger partial charge >= 0.3 is 6.18 Å². The molecule has 0 spiro atoms. The van der Waals surface area contributed by atoms with E-state index < -0.39 is 11.9 Å². The minimum absolute atomic E-state index is 0.113. The lowest BCUT2D eigenvalue weighted by molar-refractivity contribution is -0.141. The Hall–Kier alpha value is -1.57. The highest BCUT2D eigenvalue weighted by Gasteiger charge is 2.34. The summed E-state index contributed by atoms with van der Waals surface area (Å²) in [6.07, 6.45) is -3.51. The molecule has 0 bridgehead atoms. The number of alkyl halides is 3. The van der Waals surface area contributed by atoms with Crippen molar-refractivity contribution >= 4 is 5.91 Å². The molecule has 0 radical (unpaired) electrons. The molecule has 1 amide bonds. The predicted octanol–water partition coefficient (Wildman–Crippen LogP) is 1.67. The van der Waals surface area contributed by atoms with Crippen molar-refractivity contribution in [2.45, 2.75) is 32.5 Å². The first kappa shape index (κ1) is 17.5. The number of hydrogen-bond donors (Lipinski definition) is 1. The number of aryl methyl sites for hydroxylation is 2. The van der Waals surface area contributed by atoms with Crippen LogP contribution in [0.25, 0.3) is 0 Å². The summed E-state index contributed by atoms with van der Waals surface area (Å²) in [7, 11) is 3.89. The third kappa shape index (κ3) is 6.16. The Balaban J connectivity index is 2.38. The first-order valence-electron chi connectivity index (χ1n) is 6.73. The zero-order valence-electron chi connectivity index (χ0n) is 12.5. The highest BCUT2D eigenvalue weighted by atomic mass is 19.4. The molecule has 0 unspecified atom stereocenters. The van der Waals surface area contributed by atoms with E-state index in [4.69, 9.17) is 0 Å². The number of hydrogen-bond acceptors (Lipinski definition) is 3. The minimum atomic E-state index is -4.45. The minimum Gasteiger partial charge on any atom is -0.356 e. The second-order valence-corrected chi connectivity index (χ2v) is 5.15. The van der Waals surface area contributed by atoms with Crippen molar-refractivity contribution in [1.82, 2.24) is 20.0 Å². The van der Waals surface area contributed by atoms with Gasteiger partial charge in [0.25, 0.3) is 0 Å². The van der Waals surface area contributed by atoms with Gasteiger partial charge in [-0.05, 0) is 40.1 Å². The summed E-state index contributed by atoms with van der Waals surface area (Å²) in [5.41, 5.74) is -0.533. The van der Waals surface area contributed by atoms with E-state index in [0.29, 0.717) is 12.2 Å². The number of nitrogens with one attached hydrogen (secondary N) is 1. The number of carbonyl (C=O) groups excluding carboxylic acids is 1. The van der Waals surface area contributed by atoms with Gasteiger partial charge in [-0.1, -0.05) is 0 Å². The van der Waals surface area contributed by atoms with Crippen LogP contribution in [0.2, 0.25) is 0 Å². The Bertz CT molecular complexity index is 468. The molecule has 1 aromatic rings. The Morgan fingerprint density at radius 2 is 2.10 bits per heavy atom. The molecule has 0 fully saturated rings. The van der Waals surface area contributed by atoms with Gasteiger partial charge in [0.2, 0.25) is 5.91 Å². The summed E-state index contributed by atoms with van der Waals surface area (Å²) in [5, 5.41) is 6.21. The summed E-state index contributed by atoms with van der Waals surface area (Å²) in [6.45, 7) is 3.11. The van der Waals surface area contributed by atoms with E-state index >= 15 is 0 Å². The summed E-state index contributed by atoms with van der Waals surface area (Å²) in [5.74, 6) is -0.183. The predicted molar refractivity (Wildman–Crippen MR) is 72.8 cm³/mol. The van der Waals surface area contributed by atoms with Gasteiger partial charge in [-0.2, -0.15) is 18.3 Å². The maximum atomic E-state index is 12.5. The summed E-state index contributed by atoms with van der Waals surface area (Å²) in [4.78, 5) is 13.6. The average molecular weight is 306 g/mol. The van der Waals surface area contributed by atoms with E-state index in [9.17, 15) is 18.0 Å². The number of carbonyl (C=O) groups is 1. The third-order valence-electron chi connectivity index (χ3n) is 2.93. The number of nitrogens with zero attached hydrogens (tertiary/aromatic N) is 3. The monoisotopic (exact) mass is 306 g/mol. The molecule has 1 heterocycles. The van der Waals surface area contributed by atoms with Crippen molar-refractivity contribution in [3.05, 3.63) is 17.5 Å². The van der Waals surface area contributed by atoms with Gasteiger partial charge < -0.3 is 10.2 Å². The third-order valence-corrected chi connectivity index (χ3v) is 2.93. The van der Waals surface area contributed by atoms with Crippen LogP contribution in [0, 0.1) is 6.92 Å². The van der Waals surface area contributed by atoms with Crippen LogP contribution >= 0.6 is 0 Å². The summed E-state index contributed by atoms with van der Waals surface area (Å²) < 4.78 is 38.7. The number of amides is 1. The van der Waals surface area contributed by atoms with Gasteiger partial charge in [-0.25, -0.2) is 0 Å². The van der Waals surface area contributed by atoms with Gasteiger partial charge in [0.1, 0.15) is 0 Å². The normalized spacial score (nSPS) is 12.0. The lowest BCUT2D eigenvalue weighted by atomic mass is 10.3. The lowest BCUT2D eigenvalue weighted by Crippen LogP contribution is -2.28. The molecule has 120 valence electrons. The van der Waals surface area contributed by atoms with E-state index in [1.165, 1.54) is 11.6 Å². The van der Waals surface area contributed by atoms with Crippen LogP contribution in [-0.4, -0.2) is 47.8 Å². The molecule has 0 saturated heterocycles. The van der Waals surface area contributed by atoms with Crippen molar-refractivity contribution in [1.29, 1.82) is 0 Å². The molecule has 5 nitrogen and oxygen atoms in total. The molecule has 0 aliphatic carbocycles. The Morgan fingerprint density at radius 1 is 1.43 bits per heavy atom. The fourth-order valence-corrected chi connectivity index (χ4v) is 1.79. The highest BCUT2D eigenvalue weighted by Crippen LogP contribution is 2.28. The van der Waals surface area contributed by atoms with Gasteiger partial charge in [0.05, 0.1) is 0 Å². The van der Waals surface area contributed by atoms with E-state index in [1.807, 2.05) is 19.0 Å². The molecule has 1 aromatic heterocycles.